The van der Waals surface area contributed by atoms with Crippen LogP contribution in [0.2, 0.25) is 0 Å². The molecule has 2 aliphatic rings. The van der Waals surface area contributed by atoms with E-state index in [4.69, 9.17) is 9.47 Å². The molecule has 34 heavy (non-hydrogen) atoms. The first-order valence-corrected chi connectivity index (χ1v) is 12.6. The Morgan fingerprint density at radius 2 is 1.62 bits per heavy atom. The summed E-state index contributed by atoms with van der Waals surface area (Å²) in [7, 11) is 0. The third-order valence-electron chi connectivity index (χ3n) is 7.03. The highest BCUT2D eigenvalue weighted by Crippen LogP contribution is 2.36. The molecule has 0 radical (unpaired) electrons. The summed E-state index contributed by atoms with van der Waals surface area (Å²) in [6.07, 6.45) is 6.85. The van der Waals surface area contributed by atoms with Gasteiger partial charge in [-0.05, 0) is 64.4 Å². The molecule has 0 bridgehead atoms. The van der Waals surface area contributed by atoms with Crippen molar-refractivity contribution in [2.24, 2.45) is 11.3 Å². The van der Waals surface area contributed by atoms with Gasteiger partial charge in [0, 0.05) is 31.6 Å². The van der Waals surface area contributed by atoms with Gasteiger partial charge in [0.15, 0.2) is 0 Å². The van der Waals surface area contributed by atoms with Crippen LogP contribution < -0.4 is 0 Å². The molecule has 2 amide bonds. The number of ether oxygens (including phenoxy) is 2. The molecule has 3 rings (SSSR count). The quantitative estimate of drug-likeness (QED) is 0.495. The highest BCUT2D eigenvalue weighted by atomic mass is 16.6. The van der Waals surface area contributed by atoms with Crippen LogP contribution in [0.15, 0.2) is 30.3 Å². The van der Waals surface area contributed by atoms with Gasteiger partial charge in [-0.3, -0.25) is 0 Å². The zero-order chi connectivity index (χ0) is 24.6. The van der Waals surface area contributed by atoms with Crippen LogP contribution in [-0.4, -0.2) is 60.1 Å². The summed E-state index contributed by atoms with van der Waals surface area (Å²) < 4.78 is 10.9. The van der Waals surface area contributed by atoms with Gasteiger partial charge < -0.3 is 24.1 Å². The Morgan fingerprint density at radius 3 is 2.21 bits per heavy atom. The molecule has 2 aliphatic heterocycles. The SMILES string of the molecule is CC(C)(C)OC(=O)N1CCC(C=O)(CCCC2CCN(C(=O)OCc3ccccc3)CC2)CC1. The predicted molar refractivity (Wildman–Crippen MR) is 130 cm³/mol. The summed E-state index contributed by atoms with van der Waals surface area (Å²) in [6.45, 7) is 8.48. The predicted octanol–water partition coefficient (Wildman–Crippen LogP) is 5.42. The van der Waals surface area contributed by atoms with E-state index in [-0.39, 0.29) is 17.6 Å². The van der Waals surface area contributed by atoms with E-state index in [1.807, 2.05) is 51.1 Å². The number of likely N-dealkylation sites (tertiary alicyclic amines) is 2. The molecule has 7 nitrogen and oxygen atoms in total. The molecule has 2 fully saturated rings. The van der Waals surface area contributed by atoms with Crippen molar-refractivity contribution in [3.63, 3.8) is 0 Å². The number of benzene rings is 1. The maximum Gasteiger partial charge on any atom is 0.410 e. The molecule has 2 saturated heterocycles. The summed E-state index contributed by atoms with van der Waals surface area (Å²) in [4.78, 5) is 40.1. The smallest absolute Gasteiger partial charge is 0.410 e. The third kappa shape index (κ3) is 7.74. The molecule has 0 spiro atoms. The normalized spacial score (nSPS) is 18.9. The van der Waals surface area contributed by atoms with E-state index < -0.39 is 5.60 Å². The fraction of sp³-hybridized carbons (Fsp3) is 0.667. The van der Waals surface area contributed by atoms with E-state index in [1.165, 1.54) is 0 Å². The topological polar surface area (TPSA) is 76.2 Å². The second-order valence-electron chi connectivity index (χ2n) is 10.8. The van der Waals surface area contributed by atoms with E-state index in [9.17, 15) is 14.4 Å². The Labute approximate surface area is 203 Å². The van der Waals surface area contributed by atoms with Crippen molar-refractivity contribution < 1.29 is 23.9 Å². The lowest BCUT2D eigenvalue weighted by Crippen LogP contribution is -2.45. The highest BCUT2D eigenvalue weighted by molar-refractivity contribution is 5.69. The van der Waals surface area contributed by atoms with E-state index in [0.717, 1.165) is 57.0 Å². The molecule has 188 valence electrons. The maximum absolute atomic E-state index is 12.4. The van der Waals surface area contributed by atoms with Crippen molar-refractivity contribution in [2.75, 3.05) is 26.2 Å². The molecular weight excluding hydrogens is 432 g/mol. The van der Waals surface area contributed by atoms with Crippen molar-refractivity contribution >= 4 is 18.5 Å². The molecular formula is C27H40N2O5. The van der Waals surface area contributed by atoms with Crippen molar-refractivity contribution in [3.05, 3.63) is 35.9 Å². The number of rotatable bonds is 7. The molecule has 1 aromatic carbocycles. The van der Waals surface area contributed by atoms with Gasteiger partial charge in [-0.25, -0.2) is 9.59 Å². The number of carbonyl (C=O) groups excluding carboxylic acids is 3. The van der Waals surface area contributed by atoms with Gasteiger partial charge in [-0.15, -0.1) is 0 Å². The summed E-state index contributed by atoms with van der Waals surface area (Å²) >= 11 is 0. The summed E-state index contributed by atoms with van der Waals surface area (Å²) in [5.41, 5.74) is 0.150. The van der Waals surface area contributed by atoms with Gasteiger partial charge in [-0.1, -0.05) is 43.2 Å². The minimum Gasteiger partial charge on any atom is -0.445 e. The fourth-order valence-corrected chi connectivity index (χ4v) is 4.85. The molecule has 0 saturated carbocycles. The lowest BCUT2D eigenvalue weighted by molar-refractivity contribution is -0.119. The zero-order valence-corrected chi connectivity index (χ0v) is 21.0. The first kappa shape index (κ1) is 26.0. The van der Waals surface area contributed by atoms with Gasteiger partial charge in [0.1, 0.15) is 18.5 Å². The van der Waals surface area contributed by atoms with Crippen LogP contribution in [0.3, 0.4) is 0 Å². The maximum atomic E-state index is 12.4. The van der Waals surface area contributed by atoms with Crippen LogP contribution in [0.25, 0.3) is 0 Å². The minimum absolute atomic E-state index is 0.237. The van der Waals surface area contributed by atoms with E-state index in [2.05, 4.69) is 0 Å². The first-order valence-electron chi connectivity index (χ1n) is 12.6. The highest BCUT2D eigenvalue weighted by Gasteiger charge is 2.37. The van der Waals surface area contributed by atoms with Crippen molar-refractivity contribution in [1.29, 1.82) is 0 Å². The number of hydrogen-bond acceptors (Lipinski definition) is 5. The van der Waals surface area contributed by atoms with Gasteiger partial charge in [0.05, 0.1) is 0 Å². The molecule has 0 aromatic heterocycles. The van der Waals surface area contributed by atoms with Crippen LogP contribution in [-0.2, 0) is 20.9 Å². The molecule has 1 aromatic rings. The van der Waals surface area contributed by atoms with Gasteiger partial charge >= 0.3 is 12.2 Å². The number of amides is 2. The van der Waals surface area contributed by atoms with Crippen molar-refractivity contribution in [3.8, 4) is 0 Å². The Bertz CT molecular complexity index is 804. The minimum atomic E-state index is -0.509. The summed E-state index contributed by atoms with van der Waals surface area (Å²) in [5.74, 6) is 0.573. The average Bonchev–Trinajstić information content (AvgIpc) is 2.83. The Balaban J connectivity index is 1.34. The lowest BCUT2D eigenvalue weighted by atomic mass is 9.75. The van der Waals surface area contributed by atoms with Crippen LogP contribution in [0.5, 0.6) is 0 Å². The lowest BCUT2D eigenvalue weighted by Gasteiger charge is -2.39. The third-order valence-corrected chi connectivity index (χ3v) is 7.03. The number of hydrogen-bond donors (Lipinski definition) is 0. The van der Waals surface area contributed by atoms with Crippen LogP contribution in [0.4, 0.5) is 9.59 Å². The molecule has 0 aliphatic carbocycles. The molecule has 2 heterocycles. The van der Waals surface area contributed by atoms with E-state index in [0.29, 0.717) is 38.5 Å². The molecule has 0 unspecified atom stereocenters. The second kappa shape index (κ2) is 11.7. The summed E-state index contributed by atoms with van der Waals surface area (Å²) in [6, 6.07) is 9.72. The van der Waals surface area contributed by atoms with Crippen molar-refractivity contribution in [2.45, 2.75) is 77.9 Å². The largest absolute Gasteiger partial charge is 0.445 e. The molecule has 0 atom stereocenters. The number of piperidine rings is 2. The van der Waals surface area contributed by atoms with E-state index >= 15 is 0 Å². The number of carbonyl (C=O) groups is 3. The first-order chi connectivity index (χ1) is 16.2. The molecule has 7 heteroatoms. The van der Waals surface area contributed by atoms with Gasteiger partial charge in [0.2, 0.25) is 0 Å². The fourth-order valence-electron chi connectivity index (χ4n) is 4.85. The van der Waals surface area contributed by atoms with Gasteiger partial charge in [-0.2, -0.15) is 0 Å². The zero-order valence-electron chi connectivity index (χ0n) is 21.0. The average molecular weight is 473 g/mol. The Kier molecular flexibility index (Phi) is 8.97. The number of aldehydes is 1. The Morgan fingerprint density at radius 1 is 1.00 bits per heavy atom. The van der Waals surface area contributed by atoms with Crippen LogP contribution in [0, 0.1) is 11.3 Å². The molecule has 0 N–H and O–H groups in total. The number of nitrogens with zero attached hydrogens (tertiary/aromatic N) is 2. The van der Waals surface area contributed by atoms with Crippen LogP contribution in [0.1, 0.15) is 71.3 Å². The van der Waals surface area contributed by atoms with Gasteiger partial charge in [0.25, 0.3) is 0 Å². The Hall–Kier alpha value is -2.57. The summed E-state index contributed by atoms with van der Waals surface area (Å²) in [5, 5.41) is 0. The second-order valence-corrected chi connectivity index (χ2v) is 10.8. The standard InChI is InChI=1S/C27H40N2O5/c1-26(2,3)34-25(32)29-18-14-27(21-30,15-19-29)13-7-10-22-11-16-28(17-12-22)24(31)33-20-23-8-5-4-6-9-23/h4-6,8-9,21-22H,7,10-20H2,1-3H3. The van der Waals surface area contributed by atoms with Crippen LogP contribution >= 0.6 is 0 Å². The van der Waals surface area contributed by atoms with Crippen molar-refractivity contribution in [1.82, 2.24) is 9.80 Å². The van der Waals surface area contributed by atoms with E-state index in [1.54, 1.807) is 9.80 Å². The monoisotopic (exact) mass is 472 g/mol.